The quantitative estimate of drug-likeness (QED) is 0.675. The number of hydrogen-bond acceptors (Lipinski definition) is 9. The van der Waals surface area contributed by atoms with Crippen molar-refractivity contribution in [3.63, 3.8) is 0 Å². The molecule has 1 aliphatic heterocycles. The van der Waals surface area contributed by atoms with Crippen molar-refractivity contribution in [1.29, 1.82) is 10.5 Å². The Morgan fingerprint density at radius 2 is 2.20 bits per heavy atom. The van der Waals surface area contributed by atoms with Gasteiger partial charge in [0.2, 0.25) is 0 Å². The SMILES string of the molecule is COC[C@@H]1C[C@@H](NC(=O)c2nnc(-c3cc(C#N)ccc3OC3CC3)o2)CN1C#N. The van der Waals surface area contributed by atoms with Crippen LogP contribution < -0.4 is 10.1 Å². The summed E-state index contributed by atoms with van der Waals surface area (Å²) >= 11 is 0. The summed E-state index contributed by atoms with van der Waals surface area (Å²) in [7, 11) is 1.57. The second-order valence-corrected chi connectivity index (χ2v) is 7.32. The second kappa shape index (κ2) is 8.39. The zero-order valence-electron chi connectivity index (χ0n) is 16.4. The third-order valence-corrected chi connectivity index (χ3v) is 5.01. The number of nitriles is 2. The van der Waals surface area contributed by atoms with Gasteiger partial charge in [-0.2, -0.15) is 10.5 Å². The lowest BCUT2D eigenvalue weighted by Crippen LogP contribution is -2.36. The summed E-state index contributed by atoms with van der Waals surface area (Å²) < 4.78 is 16.6. The molecule has 1 saturated carbocycles. The minimum atomic E-state index is -0.518. The molecule has 0 bridgehead atoms. The monoisotopic (exact) mass is 408 g/mol. The van der Waals surface area contributed by atoms with Crippen LogP contribution in [0.5, 0.6) is 5.75 Å². The topological polar surface area (TPSA) is 137 Å². The van der Waals surface area contributed by atoms with Crippen LogP contribution in [0.2, 0.25) is 0 Å². The molecule has 4 rings (SSSR count). The first kappa shape index (κ1) is 19.7. The highest BCUT2D eigenvalue weighted by molar-refractivity contribution is 5.90. The van der Waals surface area contributed by atoms with Crippen LogP contribution in [-0.4, -0.2) is 59.5 Å². The Balaban J connectivity index is 1.49. The van der Waals surface area contributed by atoms with Crippen molar-refractivity contribution >= 4 is 5.91 Å². The smallest absolute Gasteiger partial charge is 0.309 e. The molecule has 10 heteroatoms. The molecular weight excluding hydrogens is 388 g/mol. The van der Waals surface area contributed by atoms with E-state index in [9.17, 15) is 15.3 Å². The first-order chi connectivity index (χ1) is 14.6. The molecule has 1 saturated heterocycles. The van der Waals surface area contributed by atoms with E-state index in [0.717, 1.165) is 12.8 Å². The number of carbonyl (C=O) groups excluding carboxylic acids is 1. The summed E-state index contributed by atoms with van der Waals surface area (Å²) in [5.41, 5.74) is 0.897. The molecule has 2 aromatic rings. The lowest BCUT2D eigenvalue weighted by atomic mass is 10.1. The Morgan fingerprint density at radius 1 is 1.37 bits per heavy atom. The van der Waals surface area contributed by atoms with Gasteiger partial charge in [-0.3, -0.25) is 4.79 Å². The molecule has 0 spiro atoms. The number of ether oxygens (including phenoxy) is 2. The number of amides is 1. The molecule has 10 nitrogen and oxygen atoms in total. The van der Waals surface area contributed by atoms with Crippen LogP contribution in [0.1, 0.15) is 35.5 Å². The molecule has 2 atom stereocenters. The van der Waals surface area contributed by atoms with E-state index in [0.29, 0.717) is 36.4 Å². The van der Waals surface area contributed by atoms with Crippen LogP contribution >= 0.6 is 0 Å². The maximum Gasteiger partial charge on any atom is 0.309 e. The zero-order valence-corrected chi connectivity index (χ0v) is 16.4. The summed E-state index contributed by atoms with van der Waals surface area (Å²) in [5.74, 6) is -0.0653. The molecule has 30 heavy (non-hydrogen) atoms. The van der Waals surface area contributed by atoms with Gasteiger partial charge in [0.05, 0.1) is 35.9 Å². The molecule has 1 aliphatic carbocycles. The lowest BCUT2D eigenvalue weighted by molar-refractivity contribution is 0.0904. The largest absolute Gasteiger partial charge is 0.490 e. The number of methoxy groups -OCH3 is 1. The van der Waals surface area contributed by atoms with Crippen molar-refractivity contribution in [3.8, 4) is 29.5 Å². The Hall–Kier alpha value is -3.63. The number of nitrogens with one attached hydrogen (secondary N) is 1. The highest BCUT2D eigenvalue weighted by Crippen LogP contribution is 2.35. The average molecular weight is 408 g/mol. The van der Waals surface area contributed by atoms with Crippen molar-refractivity contribution in [2.24, 2.45) is 0 Å². The highest BCUT2D eigenvalue weighted by atomic mass is 16.5. The predicted octanol–water partition coefficient (Wildman–Crippen LogP) is 1.45. The number of hydrogen-bond donors (Lipinski definition) is 1. The summed E-state index contributed by atoms with van der Waals surface area (Å²) in [6.07, 6.45) is 4.79. The summed E-state index contributed by atoms with van der Waals surface area (Å²) in [4.78, 5) is 14.2. The summed E-state index contributed by atoms with van der Waals surface area (Å²) in [5, 5.41) is 29.1. The molecule has 2 heterocycles. The van der Waals surface area contributed by atoms with Gasteiger partial charge in [0.15, 0.2) is 6.19 Å². The van der Waals surface area contributed by atoms with Gasteiger partial charge in [0, 0.05) is 19.7 Å². The number of rotatable bonds is 7. The Kier molecular flexibility index (Phi) is 5.50. The summed E-state index contributed by atoms with van der Waals surface area (Å²) in [6, 6.07) is 6.70. The molecule has 0 radical (unpaired) electrons. The van der Waals surface area contributed by atoms with Crippen LogP contribution in [0.15, 0.2) is 22.6 Å². The molecule has 1 aromatic heterocycles. The third kappa shape index (κ3) is 4.19. The van der Waals surface area contributed by atoms with Gasteiger partial charge in [0.25, 0.3) is 5.89 Å². The molecule has 2 aliphatic rings. The average Bonchev–Trinajstić information content (AvgIpc) is 3.28. The fourth-order valence-electron chi connectivity index (χ4n) is 3.40. The second-order valence-electron chi connectivity index (χ2n) is 7.32. The van der Waals surface area contributed by atoms with Gasteiger partial charge in [-0.15, -0.1) is 10.2 Å². The van der Waals surface area contributed by atoms with Crippen LogP contribution in [0, 0.1) is 22.8 Å². The van der Waals surface area contributed by atoms with E-state index < -0.39 is 5.91 Å². The third-order valence-electron chi connectivity index (χ3n) is 5.01. The van der Waals surface area contributed by atoms with Crippen molar-refractivity contribution in [2.75, 3.05) is 20.3 Å². The Morgan fingerprint density at radius 3 is 2.90 bits per heavy atom. The number of aromatic nitrogens is 2. The van der Waals surface area contributed by atoms with Gasteiger partial charge in [-0.25, -0.2) is 0 Å². The maximum absolute atomic E-state index is 12.6. The van der Waals surface area contributed by atoms with E-state index >= 15 is 0 Å². The van der Waals surface area contributed by atoms with Crippen LogP contribution in [0.4, 0.5) is 0 Å². The van der Waals surface area contributed by atoms with E-state index in [1.165, 1.54) is 0 Å². The number of nitrogens with zero attached hydrogens (tertiary/aromatic N) is 5. The molecule has 154 valence electrons. The fraction of sp³-hybridized carbons (Fsp3) is 0.450. The van der Waals surface area contributed by atoms with E-state index in [1.54, 1.807) is 30.2 Å². The highest BCUT2D eigenvalue weighted by Gasteiger charge is 2.33. The normalized spacial score (nSPS) is 20.4. The van der Waals surface area contributed by atoms with E-state index in [1.807, 2.05) is 0 Å². The zero-order chi connectivity index (χ0) is 21.1. The number of benzene rings is 1. The Bertz CT molecular complexity index is 1020. The number of likely N-dealkylation sites (tertiary alicyclic amines) is 1. The summed E-state index contributed by atoms with van der Waals surface area (Å²) in [6.45, 7) is 0.796. The van der Waals surface area contributed by atoms with Crippen LogP contribution in [0.25, 0.3) is 11.5 Å². The van der Waals surface area contributed by atoms with E-state index in [2.05, 4.69) is 27.8 Å². The predicted molar refractivity (Wildman–Crippen MR) is 102 cm³/mol. The number of carbonyl (C=O) groups is 1. The van der Waals surface area contributed by atoms with Crippen molar-refractivity contribution in [2.45, 2.75) is 37.5 Å². The maximum atomic E-state index is 12.6. The van der Waals surface area contributed by atoms with Gasteiger partial charge in [-0.05, 0) is 37.5 Å². The van der Waals surface area contributed by atoms with Gasteiger partial charge in [0.1, 0.15) is 5.75 Å². The van der Waals surface area contributed by atoms with E-state index in [-0.39, 0.29) is 30.0 Å². The fourth-order valence-corrected chi connectivity index (χ4v) is 3.40. The van der Waals surface area contributed by atoms with Crippen molar-refractivity contribution in [3.05, 3.63) is 29.7 Å². The molecular formula is C20H20N6O4. The van der Waals surface area contributed by atoms with Gasteiger partial charge >= 0.3 is 11.8 Å². The van der Waals surface area contributed by atoms with Crippen molar-refractivity contribution in [1.82, 2.24) is 20.4 Å². The molecule has 1 amide bonds. The first-order valence-electron chi connectivity index (χ1n) is 9.62. The van der Waals surface area contributed by atoms with Crippen LogP contribution in [-0.2, 0) is 4.74 Å². The minimum Gasteiger partial charge on any atom is -0.490 e. The van der Waals surface area contributed by atoms with Gasteiger partial charge in [-0.1, -0.05) is 0 Å². The first-order valence-corrected chi connectivity index (χ1v) is 9.62. The van der Waals surface area contributed by atoms with Crippen molar-refractivity contribution < 1.29 is 18.7 Å². The Labute approximate surface area is 173 Å². The van der Waals surface area contributed by atoms with E-state index in [4.69, 9.17) is 13.9 Å². The standard InChI is InChI=1S/C20H20N6O4/c1-28-10-14-7-13(9-26(14)11-22)23-18(27)20-25-24-19(30-20)16-6-12(8-21)2-5-17(16)29-15-3-4-15/h2,5-6,13-15H,3-4,7,9-10H2,1H3,(H,23,27)/t13-,14+/m1/s1. The molecule has 0 unspecified atom stereocenters. The van der Waals surface area contributed by atoms with Crippen LogP contribution in [0.3, 0.4) is 0 Å². The minimum absolute atomic E-state index is 0.0839. The molecule has 2 fully saturated rings. The molecule has 1 N–H and O–H groups in total. The van der Waals surface area contributed by atoms with Gasteiger partial charge < -0.3 is 24.1 Å². The molecule has 1 aromatic carbocycles. The lowest BCUT2D eigenvalue weighted by Gasteiger charge is -2.15.